The van der Waals surface area contributed by atoms with Crippen LogP contribution in [-0.4, -0.2) is 79.2 Å². The zero-order valence-corrected chi connectivity index (χ0v) is 33.6. The second kappa shape index (κ2) is 18.9. The number of benzene rings is 4. The number of rotatable bonds is 17. The largest absolute Gasteiger partial charge is 0.480 e. The maximum absolute atomic E-state index is 14.9. The van der Waals surface area contributed by atoms with Gasteiger partial charge >= 0.3 is 5.97 Å². The maximum Gasteiger partial charge on any atom is 0.319 e. The fourth-order valence-electron chi connectivity index (χ4n) is 7.72. The van der Waals surface area contributed by atoms with E-state index < -0.39 is 29.2 Å². The number of aliphatic carboxylic acids is 1. The molecule has 1 aliphatic rings. The van der Waals surface area contributed by atoms with E-state index in [1.54, 1.807) is 58.1 Å². The van der Waals surface area contributed by atoms with E-state index in [1.165, 1.54) is 0 Å². The number of unbranched alkanes of at least 4 members (excludes halogenated alkanes) is 2. The number of carbonyl (C=O) groups excluding carboxylic acids is 3. The lowest BCUT2D eigenvalue weighted by atomic mass is 9.75. The summed E-state index contributed by atoms with van der Waals surface area (Å²) < 4.78 is 1.57. The van der Waals surface area contributed by atoms with Crippen LogP contribution in [0.1, 0.15) is 88.3 Å². The summed E-state index contributed by atoms with van der Waals surface area (Å²) in [7, 11) is 0. The van der Waals surface area contributed by atoms with Crippen LogP contribution in [-0.2, 0) is 35.4 Å². The Morgan fingerprint density at radius 1 is 0.810 bits per heavy atom. The van der Waals surface area contributed by atoms with Crippen LogP contribution in [0, 0.1) is 12.3 Å². The van der Waals surface area contributed by atoms with E-state index in [-0.39, 0.29) is 48.8 Å². The normalized spacial score (nSPS) is 13.8. The molecular weight excluding hydrogens is 731 g/mol. The van der Waals surface area contributed by atoms with Crippen molar-refractivity contribution in [1.29, 1.82) is 0 Å². The van der Waals surface area contributed by atoms with E-state index in [2.05, 4.69) is 19.2 Å². The van der Waals surface area contributed by atoms with Crippen molar-refractivity contribution < 1.29 is 29.4 Å². The topological polar surface area (TPSA) is 145 Å². The van der Waals surface area contributed by atoms with E-state index in [4.69, 9.17) is 5.10 Å². The Hall–Kier alpha value is -6.07. The Bertz CT molecular complexity index is 2170. The van der Waals surface area contributed by atoms with Crippen LogP contribution in [0.25, 0.3) is 5.69 Å². The van der Waals surface area contributed by atoms with Gasteiger partial charge in [-0.2, -0.15) is 5.10 Å². The molecule has 1 aromatic heterocycles. The fourth-order valence-corrected chi connectivity index (χ4v) is 7.72. The summed E-state index contributed by atoms with van der Waals surface area (Å²) in [4.78, 5) is 60.1. The molecule has 5 aromatic rings. The van der Waals surface area contributed by atoms with Crippen molar-refractivity contribution in [3.05, 3.63) is 148 Å². The minimum atomic E-state index is -1.90. The molecule has 0 radical (unpaired) electrons. The number of carboxylic acids is 1. The Balaban J connectivity index is 1.42. The maximum atomic E-state index is 14.9. The molecule has 2 heterocycles. The van der Waals surface area contributed by atoms with Crippen LogP contribution >= 0.6 is 0 Å². The van der Waals surface area contributed by atoms with Crippen LogP contribution in [0.5, 0.6) is 0 Å². The highest BCUT2D eigenvalue weighted by Crippen LogP contribution is 2.33. The molecule has 0 bridgehead atoms. The Labute approximate surface area is 340 Å². The molecule has 1 unspecified atom stereocenters. The third-order valence-electron chi connectivity index (χ3n) is 11.0. The summed E-state index contributed by atoms with van der Waals surface area (Å²) >= 11 is 0. The molecule has 0 saturated carbocycles. The molecule has 58 heavy (non-hydrogen) atoms. The summed E-state index contributed by atoms with van der Waals surface area (Å²) in [5, 5.41) is 29.1. The molecule has 1 aliphatic heterocycles. The first-order valence-electron chi connectivity index (χ1n) is 20.2. The Morgan fingerprint density at radius 2 is 1.40 bits per heavy atom. The lowest BCUT2D eigenvalue weighted by molar-refractivity contribution is -0.154. The Kier molecular flexibility index (Phi) is 13.6. The predicted molar refractivity (Wildman–Crippen MR) is 224 cm³/mol. The highest BCUT2D eigenvalue weighted by atomic mass is 16.4. The zero-order valence-electron chi connectivity index (χ0n) is 33.6. The first-order chi connectivity index (χ1) is 28.1. The number of aromatic nitrogens is 2. The average molecular weight is 784 g/mol. The molecule has 0 fully saturated rings. The van der Waals surface area contributed by atoms with Gasteiger partial charge in [0.25, 0.3) is 11.8 Å². The number of fused-ring (bicyclic) bond motifs is 1. The van der Waals surface area contributed by atoms with Gasteiger partial charge in [-0.3, -0.25) is 19.2 Å². The van der Waals surface area contributed by atoms with Gasteiger partial charge in [-0.15, -0.1) is 0 Å². The molecule has 0 spiro atoms. The first-order valence-corrected chi connectivity index (χ1v) is 20.2. The average Bonchev–Trinajstić information content (AvgIpc) is 3.63. The number of aliphatic hydroxyl groups excluding tert-OH is 1. The van der Waals surface area contributed by atoms with Crippen LogP contribution in [0.4, 0.5) is 5.69 Å². The number of carbonyl (C=O) groups is 4. The molecule has 1 atom stereocenters. The lowest BCUT2D eigenvalue weighted by Crippen LogP contribution is -2.47. The van der Waals surface area contributed by atoms with E-state index >= 15 is 0 Å². The minimum absolute atomic E-state index is 0.0735. The van der Waals surface area contributed by atoms with Crippen molar-refractivity contribution in [3.8, 4) is 5.69 Å². The summed E-state index contributed by atoms with van der Waals surface area (Å²) in [5.74, 6) is -2.61. The summed E-state index contributed by atoms with van der Waals surface area (Å²) in [6.07, 6.45) is 3.93. The number of carboxylic acid groups (broad SMARTS) is 1. The minimum Gasteiger partial charge on any atom is -0.480 e. The molecule has 3 amide bonds. The van der Waals surface area contributed by atoms with E-state index in [9.17, 15) is 29.4 Å². The molecule has 3 N–H and O–H groups in total. The zero-order chi connectivity index (χ0) is 41.2. The highest BCUT2D eigenvalue weighted by molar-refractivity contribution is 6.09. The predicted octanol–water partition coefficient (Wildman–Crippen LogP) is 7.28. The smallest absolute Gasteiger partial charge is 0.319 e. The summed E-state index contributed by atoms with van der Waals surface area (Å²) in [6.45, 7) is 7.20. The summed E-state index contributed by atoms with van der Waals surface area (Å²) in [5.41, 5.74) is 3.12. The Morgan fingerprint density at radius 3 is 1.97 bits per heavy atom. The van der Waals surface area contributed by atoms with Gasteiger partial charge in [0.15, 0.2) is 11.1 Å². The van der Waals surface area contributed by atoms with Crippen LogP contribution in [0.15, 0.2) is 109 Å². The molecule has 4 aromatic carbocycles. The van der Waals surface area contributed by atoms with Crippen molar-refractivity contribution in [2.45, 2.75) is 78.3 Å². The fraction of sp³-hybridized carbons (Fsp3) is 0.340. The van der Waals surface area contributed by atoms with E-state index in [0.717, 1.165) is 36.8 Å². The second-order valence-electron chi connectivity index (χ2n) is 15.2. The van der Waals surface area contributed by atoms with Crippen molar-refractivity contribution in [1.82, 2.24) is 19.6 Å². The van der Waals surface area contributed by atoms with Gasteiger partial charge in [0, 0.05) is 31.0 Å². The molecule has 0 saturated heterocycles. The lowest BCUT2D eigenvalue weighted by Gasteiger charge is -2.36. The number of aliphatic hydroxyl groups is 1. The van der Waals surface area contributed by atoms with Crippen molar-refractivity contribution in [2.24, 2.45) is 5.41 Å². The van der Waals surface area contributed by atoms with Gasteiger partial charge in [-0.1, -0.05) is 112 Å². The van der Waals surface area contributed by atoms with Gasteiger partial charge < -0.3 is 25.3 Å². The van der Waals surface area contributed by atoms with Gasteiger partial charge in [0.05, 0.1) is 23.9 Å². The van der Waals surface area contributed by atoms with E-state index in [1.807, 2.05) is 72.5 Å². The number of amides is 3. The molecular formula is C47H53N5O6. The van der Waals surface area contributed by atoms with Gasteiger partial charge in [0.2, 0.25) is 5.91 Å². The molecule has 11 heteroatoms. The standard InChI is InChI=1S/C47H53N5O6/c1-4-6-24-50(25-7-5-2)44(55)41-26-33(3)52(49-41)42-23-22-38(28-40(42)43(54)51-31-37-21-15-14-20-36(37)27-39(51)32-53)48-45(56)47(46(57)58,29-34-16-10-8-11-17-34)30-35-18-12-9-13-19-35/h8-23,26,28,39,53H,4-7,24-25,27,29-32H2,1-3H3,(H,48,56)(H,57,58). The highest BCUT2D eigenvalue weighted by Gasteiger charge is 2.46. The van der Waals surface area contributed by atoms with Crippen LogP contribution < -0.4 is 5.32 Å². The van der Waals surface area contributed by atoms with Gasteiger partial charge in [0.1, 0.15) is 0 Å². The van der Waals surface area contributed by atoms with Crippen LogP contribution in [0.3, 0.4) is 0 Å². The molecule has 11 nitrogen and oxygen atoms in total. The molecule has 0 aliphatic carbocycles. The number of nitrogens with one attached hydrogen (secondary N) is 1. The molecule has 6 rings (SSSR count). The number of hydrogen-bond acceptors (Lipinski definition) is 6. The number of nitrogens with zero attached hydrogens (tertiary/aromatic N) is 4. The quantitative estimate of drug-likeness (QED) is 0.0841. The third-order valence-corrected chi connectivity index (χ3v) is 11.0. The van der Waals surface area contributed by atoms with Crippen molar-refractivity contribution in [3.63, 3.8) is 0 Å². The summed E-state index contributed by atoms with van der Waals surface area (Å²) in [6, 6.07) is 31.9. The molecule has 302 valence electrons. The monoisotopic (exact) mass is 783 g/mol. The van der Waals surface area contributed by atoms with E-state index in [0.29, 0.717) is 42.0 Å². The number of hydrogen-bond donors (Lipinski definition) is 3. The van der Waals surface area contributed by atoms with Gasteiger partial charge in [-0.25, -0.2) is 4.68 Å². The van der Waals surface area contributed by atoms with Crippen molar-refractivity contribution in [2.75, 3.05) is 25.0 Å². The van der Waals surface area contributed by atoms with Crippen molar-refractivity contribution >= 4 is 29.4 Å². The first kappa shape index (κ1) is 41.6. The SMILES string of the molecule is CCCCN(CCCC)C(=O)c1cc(C)n(-c2ccc(NC(=O)C(Cc3ccccc3)(Cc3ccccc3)C(=O)O)cc2C(=O)N2Cc3ccccc3CC2CO)n1. The number of anilines is 1. The second-order valence-corrected chi connectivity index (χ2v) is 15.2. The van der Waals surface area contributed by atoms with Crippen LogP contribution in [0.2, 0.25) is 0 Å². The number of aryl methyl sites for hydroxylation is 1. The third kappa shape index (κ3) is 9.21. The van der Waals surface area contributed by atoms with Gasteiger partial charge in [-0.05, 0) is 85.5 Å².